The molecule has 0 radical (unpaired) electrons. The molecule has 2 aromatic rings. The summed E-state index contributed by atoms with van der Waals surface area (Å²) in [6.45, 7) is 13.2. The second kappa shape index (κ2) is 16.7. The highest BCUT2D eigenvalue weighted by atomic mass is 16.5. The minimum absolute atomic E-state index is 0.0225. The first kappa shape index (κ1) is 29.3. The monoisotopic (exact) mass is 500 g/mol. The normalized spacial score (nSPS) is 10.7. The van der Waals surface area contributed by atoms with Gasteiger partial charge in [0.15, 0.2) is 17.3 Å². The zero-order chi connectivity index (χ0) is 26.2. The quantitative estimate of drug-likeness (QED) is 0.187. The summed E-state index contributed by atoms with van der Waals surface area (Å²) in [5.74, 6) is 3.25. The maximum Gasteiger partial charge on any atom is 0.172 e. The maximum atomic E-state index is 13.6. The molecule has 0 aliphatic heterocycles. The molecular weight excluding hydrogens is 456 g/mol. The van der Waals surface area contributed by atoms with Crippen molar-refractivity contribution in [1.29, 1.82) is 0 Å². The minimum Gasteiger partial charge on any atom is -0.494 e. The van der Waals surface area contributed by atoms with Crippen molar-refractivity contribution in [3.63, 3.8) is 0 Å². The van der Waals surface area contributed by atoms with Crippen LogP contribution in [0.2, 0.25) is 0 Å². The Balaban J connectivity index is 2.35. The van der Waals surface area contributed by atoms with Gasteiger partial charge in [0.05, 0.1) is 38.6 Å². The van der Waals surface area contributed by atoms with E-state index < -0.39 is 0 Å². The number of ether oxygens (including phenoxy) is 5. The molecule has 0 heterocycles. The summed E-state index contributed by atoms with van der Waals surface area (Å²) in [5, 5.41) is 0. The molecule has 0 bridgehead atoms. The molecule has 0 aliphatic rings. The van der Waals surface area contributed by atoms with Gasteiger partial charge in [-0.05, 0) is 68.4 Å². The number of rotatable bonds is 19. The van der Waals surface area contributed by atoms with Crippen LogP contribution in [0.15, 0.2) is 30.3 Å². The maximum absolute atomic E-state index is 13.6. The van der Waals surface area contributed by atoms with Crippen LogP contribution in [-0.2, 0) is 6.42 Å². The summed E-state index contributed by atoms with van der Waals surface area (Å²) >= 11 is 0. The lowest BCUT2D eigenvalue weighted by molar-refractivity contribution is 0.0977. The first-order valence-electron chi connectivity index (χ1n) is 13.6. The highest BCUT2D eigenvalue weighted by molar-refractivity contribution is 6.00. The Kier molecular flexibility index (Phi) is 13.6. The fraction of sp³-hybridized carbons (Fsp3) is 0.567. The second-order valence-corrected chi connectivity index (χ2v) is 8.73. The lowest BCUT2D eigenvalue weighted by atomic mass is 10.0. The average molecular weight is 501 g/mol. The van der Waals surface area contributed by atoms with Gasteiger partial charge in [0.25, 0.3) is 0 Å². The molecule has 0 saturated heterocycles. The predicted octanol–water partition coefficient (Wildman–Crippen LogP) is 7.45. The molecule has 2 rings (SSSR count). The summed E-state index contributed by atoms with van der Waals surface area (Å²) in [5.41, 5.74) is 1.46. The number of aryl methyl sites for hydroxylation is 1. The second-order valence-electron chi connectivity index (χ2n) is 8.73. The molecular formula is C30H44O6. The zero-order valence-electron chi connectivity index (χ0n) is 22.8. The van der Waals surface area contributed by atoms with Crippen molar-refractivity contribution in [2.75, 3.05) is 33.0 Å². The van der Waals surface area contributed by atoms with Crippen molar-refractivity contribution in [1.82, 2.24) is 0 Å². The fourth-order valence-electron chi connectivity index (χ4n) is 3.56. The Bertz CT molecular complexity index is 924. The highest BCUT2D eigenvalue weighted by Gasteiger charge is 2.21. The number of carbonyl (C=O) groups is 1. The largest absolute Gasteiger partial charge is 0.494 e. The zero-order valence-corrected chi connectivity index (χ0v) is 22.8. The van der Waals surface area contributed by atoms with Crippen LogP contribution in [0.1, 0.15) is 89.1 Å². The molecule has 6 nitrogen and oxygen atoms in total. The van der Waals surface area contributed by atoms with Crippen LogP contribution in [-0.4, -0.2) is 38.8 Å². The molecule has 0 aliphatic carbocycles. The van der Waals surface area contributed by atoms with E-state index in [1.807, 2.05) is 38.1 Å². The first-order chi connectivity index (χ1) is 17.6. The minimum atomic E-state index is -0.0225. The van der Waals surface area contributed by atoms with Crippen molar-refractivity contribution < 1.29 is 28.5 Å². The summed E-state index contributed by atoms with van der Waals surface area (Å²) in [6.07, 6.45) is 5.23. The van der Waals surface area contributed by atoms with E-state index in [0.29, 0.717) is 68.7 Å². The number of ketones is 1. The van der Waals surface area contributed by atoms with E-state index in [1.165, 1.54) is 0 Å². The van der Waals surface area contributed by atoms with E-state index in [1.54, 1.807) is 6.07 Å². The first-order valence-corrected chi connectivity index (χ1v) is 13.6. The van der Waals surface area contributed by atoms with Crippen LogP contribution < -0.4 is 23.7 Å². The van der Waals surface area contributed by atoms with Gasteiger partial charge in [-0.25, -0.2) is 0 Å². The van der Waals surface area contributed by atoms with Gasteiger partial charge >= 0.3 is 0 Å². The van der Waals surface area contributed by atoms with Gasteiger partial charge in [-0.3, -0.25) is 4.79 Å². The molecule has 0 atom stereocenters. The van der Waals surface area contributed by atoms with Crippen LogP contribution in [0.5, 0.6) is 28.7 Å². The third kappa shape index (κ3) is 9.29. The summed E-state index contributed by atoms with van der Waals surface area (Å²) < 4.78 is 29.7. The van der Waals surface area contributed by atoms with E-state index in [4.69, 9.17) is 23.7 Å². The number of hydrogen-bond donors (Lipinski definition) is 0. The topological polar surface area (TPSA) is 63.2 Å². The average Bonchev–Trinajstić information content (AvgIpc) is 2.90. The van der Waals surface area contributed by atoms with Gasteiger partial charge in [-0.15, -0.1) is 0 Å². The van der Waals surface area contributed by atoms with Crippen molar-refractivity contribution in [3.05, 3.63) is 41.5 Å². The molecule has 6 heteroatoms. The van der Waals surface area contributed by atoms with Crippen LogP contribution >= 0.6 is 0 Å². The summed E-state index contributed by atoms with van der Waals surface area (Å²) in [7, 11) is 0. The molecule has 2 aromatic carbocycles. The molecule has 0 fully saturated rings. The predicted molar refractivity (Wildman–Crippen MR) is 144 cm³/mol. The van der Waals surface area contributed by atoms with E-state index >= 15 is 0 Å². The summed E-state index contributed by atoms with van der Waals surface area (Å²) in [4.78, 5) is 13.6. The van der Waals surface area contributed by atoms with E-state index in [0.717, 1.165) is 49.2 Å². The highest BCUT2D eigenvalue weighted by Crippen LogP contribution is 2.38. The Morgan fingerprint density at radius 3 is 1.81 bits per heavy atom. The SMILES string of the molecule is CCCOc1ccc(OCCC)c(CCC(=O)c2cc(OCCC)cc(OCCC)c2OCCC)c1. The van der Waals surface area contributed by atoms with E-state index in [2.05, 4.69) is 20.8 Å². The molecule has 0 N–H and O–H groups in total. The van der Waals surface area contributed by atoms with E-state index in [9.17, 15) is 4.79 Å². The van der Waals surface area contributed by atoms with Crippen LogP contribution in [0.3, 0.4) is 0 Å². The third-order valence-corrected chi connectivity index (χ3v) is 5.30. The number of benzene rings is 2. The molecule has 36 heavy (non-hydrogen) atoms. The van der Waals surface area contributed by atoms with Gasteiger partial charge in [0.1, 0.15) is 17.2 Å². The molecule has 0 unspecified atom stereocenters. The van der Waals surface area contributed by atoms with Crippen molar-refractivity contribution in [3.8, 4) is 28.7 Å². The number of carbonyl (C=O) groups excluding carboxylic acids is 1. The van der Waals surface area contributed by atoms with Crippen molar-refractivity contribution in [2.24, 2.45) is 0 Å². The van der Waals surface area contributed by atoms with Gasteiger partial charge in [0.2, 0.25) is 0 Å². The van der Waals surface area contributed by atoms with Crippen LogP contribution in [0, 0.1) is 0 Å². The molecule has 0 saturated carbocycles. The fourth-order valence-corrected chi connectivity index (χ4v) is 3.56. The van der Waals surface area contributed by atoms with Crippen LogP contribution in [0.4, 0.5) is 0 Å². The van der Waals surface area contributed by atoms with Gasteiger partial charge in [-0.1, -0.05) is 34.6 Å². The van der Waals surface area contributed by atoms with Crippen molar-refractivity contribution >= 4 is 5.78 Å². The standard InChI is InChI=1S/C30H44O6/c1-6-15-32-24-12-14-28(34-17-8-3)23(20-24)11-13-27(31)26-21-25(33-16-7-2)22-29(35-18-9-4)30(26)36-19-10-5/h12,14,20-22H,6-11,13,15-19H2,1-5H3. The lowest BCUT2D eigenvalue weighted by Crippen LogP contribution is -2.10. The Labute approximate surface area is 217 Å². The number of Topliss-reactive ketones (excluding diaryl/α,β-unsaturated/α-hetero) is 1. The van der Waals surface area contributed by atoms with Crippen LogP contribution in [0.25, 0.3) is 0 Å². The third-order valence-electron chi connectivity index (χ3n) is 5.30. The molecule has 200 valence electrons. The van der Waals surface area contributed by atoms with E-state index in [-0.39, 0.29) is 5.78 Å². The molecule has 0 spiro atoms. The Hall–Kier alpha value is -2.89. The van der Waals surface area contributed by atoms with Gasteiger partial charge < -0.3 is 23.7 Å². The molecule has 0 amide bonds. The van der Waals surface area contributed by atoms with Gasteiger partial charge in [-0.2, -0.15) is 0 Å². The Morgan fingerprint density at radius 2 is 1.17 bits per heavy atom. The summed E-state index contributed by atoms with van der Waals surface area (Å²) in [6, 6.07) is 9.47. The lowest BCUT2D eigenvalue weighted by Gasteiger charge is -2.18. The smallest absolute Gasteiger partial charge is 0.172 e. The Morgan fingerprint density at radius 1 is 0.611 bits per heavy atom. The number of hydrogen-bond acceptors (Lipinski definition) is 6. The molecule has 0 aromatic heterocycles. The van der Waals surface area contributed by atoms with Crippen molar-refractivity contribution in [2.45, 2.75) is 79.6 Å². The van der Waals surface area contributed by atoms with Gasteiger partial charge in [0, 0.05) is 12.5 Å².